The molecule has 0 spiro atoms. The van der Waals surface area contributed by atoms with Crippen molar-refractivity contribution < 1.29 is 22.7 Å². The Morgan fingerprint density at radius 3 is 2.38 bits per heavy atom. The van der Waals surface area contributed by atoms with E-state index in [9.17, 15) is 18.0 Å². The zero-order valence-corrected chi connectivity index (χ0v) is 20.6. The Balaban J connectivity index is 1.80. The standard InChI is InChI=1S/C25H25ClN2O5S/c1-4-28(22-11-6-5-7-12-22)34(31,32)23-15-19(14-13-17(23)2)25(30)33-18(3)24(29)27-21-10-8-9-20(26)16-21/h5-16,18H,4H2,1-3H3,(H,27,29)/t18-/m1/s1. The maximum atomic E-state index is 13.4. The molecular weight excluding hydrogens is 476 g/mol. The topological polar surface area (TPSA) is 92.8 Å². The van der Waals surface area contributed by atoms with Crippen LogP contribution < -0.4 is 9.62 Å². The first kappa shape index (κ1) is 25.3. The van der Waals surface area contributed by atoms with Crippen molar-refractivity contribution in [1.82, 2.24) is 0 Å². The van der Waals surface area contributed by atoms with E-state index in [0.29, 0.717) is 22.0 Å². The van der Waals surface area contributed by atoms with Crippen LogP contribution in [-0.4, -0.2) is 32.9 Å². The number of benzene rings is 3. The van der Waals surface area contributed by atoms with Crippen LogP contribution in [0.15, 0.2) is 77.7 Å². The summed E-state index contributed by atoms with van der Waals surface area (Å²) in [5.41, 5.74) is 1.49. The molecule has 0 aliphatic rings. The Bertz CT molecular complexity index is 1300. The largest absolute Gasteiger partial charge is 0.449 e. The molecule has 9 heteroatoms. The highest BCUT2D eigenvalue weighted by Crippen LogP contribution is 2.26. The van der Waals surface area contributed by atoms with Gasteiger partial charge in [0.05, 0.1) is 16.1 Å². The highest BCUT2D eigenvalue weighted by atomic mass is 35.5. The normalized spacial score (nSPS) is 12.0. The number of carbonyl (C=O) groups excluding carboxylic acids is 2. The van der Waals surface area contributed by atoms with Gasteiger partial charge in [0.25, 0.3) is 15.9 Å². The fourth-order valence-corrected chi connectivity index (χ4v) is 5.22. The lowest BCUT2D eigenvalue weighted by atomic mass is 10.1. The fraction of sp³-hybridized carbons (Fsp3) is 0.200. The van der Waals surface area contributed by atoms with E-state index in [4.69, 9.17) is 16.3 Å². The number of ether oxygens (including phenoxy) is 1. The molecule has 0 saturated carbocycles. The Morgan fingerprint density at radius 2 is 1.74 bits per heavy atom. The van der Waals surface area contributed by atoms with E-state index in [2.05, 4.69) is 5.32 Å². The average Bonchev–Trinajstić information content (AvgIpc) is 2.80. The number of nitrogens with one attached hydrogen (secondary N) is 1. The third-order valence-electron chi connectivity index (χ3n) is 5.07. The van der Waals surface area contributed by atoms with Crippen molar-refractivity contribution >= 4 is 44.9 Å². The maximum Gasteiger partial charge on any atom is 0.338 e. The number of halogens is 1. The van der Waals surface area contributed by atoms with Crippen molar-refractivity contribution in [2.24, 2.45) is 0 Å². The number of nitrogens with zero attached hydrogens (tertiary/aromatic N) is 1. The number of rotatable bonds is 8. The van der Waals surface area contributed by atoms with Crippen LogP contribution in [0, 0.1) is 6.92 Å². The number of esters is 1. The Kier molecular flexibility index (Phi) is 7.96. The van der Waals surface area contributed by atoms with Crippen molar-refractivity contribution in [2.45, 2.75) is 31.8 Å². The summed E-state index contributed by atoms with van der Waals surface area (Å²) in [5, 5.41) is 3.07. The highest BCUT2D eigenvalue weighted by molar-refractivity contribution is 7.92. The average molecular weight is 501 g/mol. The summed E-state index contributed by atoms with van der Waals surface area (Å²) in [4.78, 5) is 25.1. The molecule has 7 nitrogen and oxygen atoms in total. The number of amides is 1. The second-order valence-corrected chi connectivity index (χ2v) is 9.80. The van der Waals surface area contributed by atoms with Crippen LogP contribution in [0.2, 0.25) is 5.02 Å². The van der Waals surface area contributed by atoms with Crippen LogP contribution in [-0.2, 0) is 19.6 Å². The third-order valence-corrected chi connectivity index (χ3v) is 7.35. The number of anilines is 2. The van der Waals surface area contributed by atoms with Gasteiger partial charge >= 0.3 is 5.97 Å². The highest BCUT2D eigenvalue weighted by Gasteiger charge is 2.27. The maximum absolute atomic E-state index is 13.4. The minimum absolute atomic E-state index is 0.0105. The van der Waals surface area contributed by atoms with E-state index >= 15 is 0 Å². The van der Waals surface area contributed by atoms with E-state index in [-0.39, 0.29) is 17.0 Å². The molecule has 3 aromatic rings. The summed E-state index contributed by atoms with van der Waals surface area (Å²) in [6, 6.07) is 19.6. The lowest BCUT2D eigenvalue weighted by Crippen LogP contribution is -2.32. The molecule has 34 heavy (non-hydrogen) atoms. The lowest BCUT2D eigenvalue weighted by molar-refractivity contribution is -0.123. The lowest BCUT2D eigenvalue weighted by Gasteiger charge is -2.24. The molecule has 3 rings (SSSR count). The summed E-state index contributed by atoms with van der Waals surface area (Å²) < 4.78 is 33.4. The molecule has 1 N–H and O–H groups in total. The van der Waals surface area contributed by atoms with Crippen LogP contribution in [0.1, 0.15) is 29.8 Å². The summed E-state index contributed by atoms with van der Waals surface area (Å²) in [6.07, 6.45) is -1.12. The predicted octanol–water partition coefficient (Wildman–Crippen LogP) is 5.05. The molecule has 0 radical (unpaired) electrons. The molecule has 0 bridgehead atoms. The Labute approximate surface area is 204 Å². The van der Waals surface area contributed by atoms with Gasteiger partial charge in [-0.3, -0.25) is 9.10 Å². The minimum Gasteiger partial charge on any atom is -0.449 e. The van der Waals surface area contributed by atoms with Crippen molar-refractivity contribution in [3.8, 4) is 0 Å². The molecule has 0 unspecified atom stereocenters. The first-order valence-corrected chi connectivity index (χ1v) is 12.4. The van der Waals surface area contributed by atoms with Crippen LogP contribution in [0.25, 0.3) is 0 Å². The van der Waals surface area contributed by atoms with Crippen LogP contribution in [0.4, 0.5) is 11.4 Å². The molecule has 0 fully saturated rings. The molecule has 0 aromatic heterocycles. The van der Waals surface area contributed by atoms with Crippen LogP contribution >= 0.6 is 11.6 Å². The van der Waals surface area contributed by atoms with E-state index in [1.165, 1.54) is 23.4 Å². The molecule has 0 aliphatic carbocycles. The molecule has 1 atom stereocenters. The van der Waals surface area contributed by atoms with Gasteiger partial charge in [0.15, 0.2) is 6.10 Å². The van der Waals surface area contributed by atoms with Gasteiger partial charge in [0.2, 0.25) is 0 Å². The fourth-order valence-electron chi connectivity index (χ4n) is 3.30. The zero-order chi connectivity index (χ0) is 24.9. The summed E-state index contributed by atoms with van der Waals surface area (Å²) in [7, 11) is -3.95. The van der Waals surface area contributed by atoms with Crippen LogP contribution in [0.3, 0.4) is 0 Å². The monoisotopic (exact) mass is 500 g/mol. The van der Waals surface area contributed by atoms with Gasteiger partial charge in [-0.05, 0) is 68.8 Å². The smallest absolute Gasteiger partial charge is 0.338 e. The van der Waals surface area contributed by atoms with Crippen LogP contribution in [0.5, 0.6) is 0 Å². The minimum atomic E-state index is -3.95. The quantitative estimate of drug-likeness (QED) is 0.437. The number of sulfonamides is 1. The SMILES string of the molecule is CCN(c1ccccc1)S(=O)(=O)c1cc(C(=O)O[C@H](C)C(=O)Nc2cccc(Cl)c2)ccc1C. The number of para-hydroxylation sites is 1. The van der Waals surface area contributed by atoms with Gasteiger partial charge in [-0.25, -0.2) is 13.2 Å². The summed E-state index contributed by atoms with van der Waals surface area (Å²) >= 11 is 5.92. The van der Waals surface area contributed by atoms with Crippen molar-refractivity contribution in [3.63, 3.8) is 0 Å². The predicted molar refractivity (Wildman–Crippen MR) is 133 cm³/mol. The second-order valence-electron chi connectivity index (χ2n) is 7.53. The van der Waals surface area contributed by atoms with E-state index in [1.54, 1.807) is 74.5 Å². The van der Waals surface area contributed by atoms with E-state index in [0.717, 1.165) is 0 Å². The molecule has 178 valence electrons. The van der Waals surface area contributed by atoms with E-state index < -0.39 is 28.0 Å². The van der Waals surface area contributed by atoms with Crippen molar-refractivity contribution in [3.05, 3.63) is 88.9 Å². The van der Waals surface area contributed by atoms with Gasteiger partial charge in [-0.2, -0.15) is 0 Å². The first-order valence-electron chi connectivity index (χ1n) is 10.6. The molecule has 3 aromatic carbocycles. The van der Waals surface area contributed by atoms with Gasteiger partial charge in [-0.15, -0.1) is 0 Å². The van der Waals surface area contributed by atoms with Gasteiger partial charge in [-0.1, -0.05) is 41.9 Å². The second kappa shape index (κ2) is 10.7. The Hall–Kier alpha value is -3.36. The first-order chi connectivity index (χ1) is 16.1. The number of carbonyl (C=O) groups is 2. The molecule has 0 saturated heterocycles. The zero-order valence-electron chi connectivity index (χ0n) is 19.0. The van der Waals surface area contributed by atoms with Crippen molar-refractivity contribution in [2.75, 3.05) is 16.2 Å². The number of hydrogen-bond acceptors (Lipinski definition) is 5. The molecule has 0 aliphatic heterocycles. The van der Waals surface area contributed by atoms with Gasteiger partial charge in [0, 0.05) is 17.3 Å². The number of aryl methyl sites for hydroxylation is 1. The van der Waals surface area contributed by atoms with Gasteiger partial charge in [0.1, 0.15) is 0 Å². The van der Waals surface area contributed by atoms with E-state index in [1.807, 2.05) is 0 Å². The molecular formula is C25H25ClN2O5S. The number of hydrogen-bond donors (Lipinski definition) is 1. The van der Waals surface area contributed by atoms with Crippen molar-refractivity contribution in [1.29, 1.82) is 0 Å². The van der Waals surface area contributed by atoms with Gasteiger partial charge < -0.3 is 10.1 Å². The summed E-state index contributed by atoms with van der Waals surface area (Å²) in [6.45, 7) is 5.03. The summed E-state index contributed by atoms with van der Waals surface area (Å²) in [5.74, 6) is -1.36. The Morgan fingerprint density at radius 1 is 1.03 bits per heavy atom. The molecule has 1 amide bonds. The third kappa shape index (κ3) is 5.76. The molecule has 0 heterocycles.